The Morgan fingerprint density at radius 1 is 1.29 bits per heavy atom. The maximum absolute atomic E-state index is 2.50. The molecular weight excluding hydrogens is 168 g/mol. The van der Waals surface area contributed by atoms with Crippen molar-refractivity contribution in [3.05, 3.63) is 12.2 Å². The highest BCUT2D eigenvalue weighted by Gasteiger charge is 2.66. The Kier molecular flexibility index (Phi) is 2.28. The lowest BCUT2D eigenvalue weighted by Gasteiger charge is -2.33. The van der Waals surface area contributed by atoms with Gasteiger partial charge in [-0.15, -0.1) is 0 Å². The van der Waals surface area contributed by atoms with Gasteiger partial charge in [0.05, 0.1) is 0 Å². The zero-order chi connectivity index (χ0) is 10.4. The molecule has 0 aromatic rings. The van der Waals surface area contributed by atoms with Gasteiger partial charge < -0.3 is 0 Å². The van der Waals surface area contributed by atoms with Crippen molar-refractivity contribution >= 4 is 0 Å². The van der Waals surface area contributed by atoms with Gasteiger partial charge in [-0.2, -0.15) is 0 Å². The third kappa shape index (κ3) is 1.26. The number of rotatable bonds is 3. The van der Waals surface area contributed by atoms with Gasteiger partial charge in [-0.05, 0) is 41.9 Å². The Morgan fingerprint density at radius 2 is 2.00 bits per heavy atom. The fourth-order valence-electron chi connectivity index (χ4n) is 3.36. The molecule has 0 bridgehead atoms. The highest BCUT2D eigenvalue weighted by molar-refractivity contribution is 5.19. The topological polar surface area (TPSA) is 0 Å². The molecule has 2 aliphatic rings. The van der Waals surface area contributed by atoms with Crippen molar-refractivity contribution in [3.63, 3.8) is 0 Å². The van der Waals surface area contributed by atoms with E-state index >= 15 is 0 Å². The predicted octanol–water partition coefficient (Wildman–Crippen LogP) is 4.42. The van der Waals surface area contributed by atoms with Gasteiger partial charge in [-0.25, -0.2) is 0 Å². The summed E-state index contributed by atoms with van der Waals surface area (Å²) in [6.45, 7) is 9.69. The minimum atomic E-state index is 0.544. The number of fused-ring (bicyclic) bond motifs is 1. The molecule has 0 heterocycles. The van der Waals surface area contributed by atoms with Crippen LogP contribution in [0.25, 0.3) is 0 Å². The van der Waals surface area contributed by atoms with Crippen LogP contribution in [0, 0.1) is 22.7 Å². The summed E-state index contributed by atoms with van der Waals surface area (Å²) in [4.78, 5) is 0. The molecule has 0 amide bonds. The van der Waals surface area contributed by atoms with Crippen LogP contribution in [0.3, 0.4) is 0 Å². The first-order valence-corrected chi connectivity index (χ1v) is 6.19. The maximum atomic E-state index is 2.50. The third-order valence-corrected chi connectivity index (χ3v) is 5.17. The van der Waals surface area contributed by atoms with Crippen LogP contribution in [0.5, 0.6) is 0 Å². The Hall–Kier alpha value is -0.260. The Morgan fingerprint density at radius 3 is 2.50 bits per heavy atom. The molecule has 0 nitrogen and oxygen atoms in total. The van der Waals surface area contributed by atoms with Crippen molar-refractivity contribution in [3.8, 4) is 0 Å². The SMILES string of the molecule is CCCC=CC1CC2CC2(C)C1(C)C. The highest BCUT2D eigenvalue weighted by atomic mass is 14.7. The van der Waals surface area contributed by atoms with Gasteiger partial charge in [0, 0.05) is 0 Å². The van der Waals surface area contributed by atoms with Crippen molar-refractivity contribution in [2.24, 2.45) is 22.7 Å². The summed E-state index contributed by atoms with van der Waals surface area (Å²) >= 11 is 0. The van der Waals surface area contributed by atoms with Crippen LogP contribution >= 0.6 is 0 Å². The average molecular weight is 192 g/mol. The normalized spacial score (nSPS) is 44.3. The van der Waals surface area contributed by atoms with Crippen molar-refractivity contribution < 1.29 is 0 Å². The first kappa shape index (κ1) is 10.3. The summed E-state index contributed by atoms with van der Waals surface area (Å²) in [5, 5.41) is 0. The van der Waals surface area contributed by atoms with Gasteiger partial charge in [-0.1, -0.05) is 46.3 Å². The summed E-state index contributed by atoms with van der Waals surface area (Å²) in [7, 11) is 0. The first-order chi connectivity index (χ1) is 6.52. The third-order valence-electron chi connectivity index (χ3n) is 5.17. The lowest BCUT2D eigenvalue weighted by molar-refractivity contribution is 0.179. The van der Waals surface area contributed by atoms with E-state index in [0.29, 0.717) is 10.8 Å². The molecule has 2 fully saturated rings. The molecule has 0 aromatic heterocycles. The molecular formula is C14H24. The molecule has 3 atom stereocenters. The Balaban J connectivity index is 2.03. The molecule has 14 heavy (non-hydrogen) atoms. The molecule has 0 saturated heterocycles. The summed E-state index contributed by atoms with van der Waals surface area (Å²) < 4.78 is 0. The van der Waals surface area contributed by atoms with Crippen LogP contribution in [0.1, 0.15) is 53.4 Å². The van der Waals surface area contributed by atoms with E-state index < -0.39 is 0 Å². The fourth-order valence-corrected chi connectivity index (χ4v) is 3.36. The van der Waals surface area contributed by atoms with E-state index in [0.717, 1.165) is 11.8 Å². The van der Waals surface area contributed by atoms with E-state index in [1.165, 1.54) is 25.7 Å². The molecule has 2 saturated carbocycles. The van der Waals surface area contributed by atoms with E-state index in [1.54, 1.807) is 0 Å². The number of unbranched alkanes of at least 4 members (excludes halogenated alkanes) is 1. The van der Waals surface area contributed by atoms with Crippen molar-refractivity contribution in [1.29, 1.82) is 0 Å². The van der Waals surface area contributed by atoms with Crippen LogP contribution in [0.15, 0.2) is 12.2 Å². The lowest BCUT2D eigenvalue weighted by atomic mass is 9.71. The van der Waals surface area contributed by atoms with Crippen LogP contribution in [0.4, 0.5) is 0 Å². The van der Waals surface area contributed by atoms with Gasteiger partial charge in [0.1, 0.15) is 0 Å². The van der Waals surface area contributed by atoms with Crippen molar-refractivity contribution in [1.82, 2.24) is 0 Å². The van der Waals surface area contributed by atoms with Gasteiger partial charge in [0.2, 0.25) is 0 Å². The summed E-state index contributed by atoms with van der Waals surface area (Å²) in [5.41, 5.74) is 1.22. The average Bonchev–Trinajstić information content (AvgIpc) is 2.72. The second-order valence-electron chi connectivity index (χ2n) is 6.10. The van der Waals surface area contributed by atoms with Crippen LogP contribution in [-0.4, -0.2) is 0 Å². The van der Waals surface area contributed by atoms with E-state index in [1.807, 2.05) is 0 Å². The quantitative estimate of drug-likeness (QED) is 0.581. The Labute approximate surface area is 88.8 Å². The minimum Gasteiger partial charge on any atom is -0.0882 e. The van der Waals surface area contributed by atoms with E-state index in [9.17, 15) is 0 Å². The number of allylic oxidation sites excluding steroid dienone is 2. The van der Waals surface area contributed by atoms with Crippen molar-refractivity contribution in [2.75, 3.05) is 0 Å². The van der Waals surface area contributed by atoms with Gasteiger partial charge >= 0.3 is 0 Å². The van der Waals surface area contributed by atoms with E-state index in [4.69, 9.17) is 0 Å². The minimum absolute atomic E-state index is 0.544. The molecule has 0 spiro atoms. The van der Waals surface area contributed by atoms with Crippen molar-refractivity contribution in [2.45, 2.75) is 53.4 Å². The number of hydrogen-bond acceptors (Lipinski definition) is 0. The molecule has 0 aliphatic heterocycles. The second kappa shape index (κ2) is 3.12. The fraction of sp³-hybridized carbons (Fsp3) is 0.857. The number of hydrogen-bond donors (Lipinski definition) is 0. The Bertz CT molecular complexity index is 249. The zero-order valence-electron chi connectivity index (χ0n) is 10.1. The molecule has 3 unspecified atom stereocenters. The molecule has 2 rings (SSSR count). The largest absolute Gasteiger partial charge is 0.0882 e. The summed E-state index contributed by atoms with van der Waals surface area (Å²) in [6.07, 6.45) is 10.4. The highest BCUT2D eigenvalue weighted by Crippen LogP contribution is 2.74. The predicted molar refractivity (Wildman–Crippen MR) is 62.2 cm³/mol. The zero-order valence-corrected chi connectivity index (χ0v) is 10.1. The van der Waals surface area contributed by atoms with Crippen LogP contribution in [0.2, 0.25) is 0 Å². The van der Waals surface area contributed by atoms with E-state index in [-0.39, 0.29) is 0 Å². The van der Waals surface area contributed by atoms with Crippen LogP contribution < -0.4 is 0 Å². The van der Waals surface area contributed by atoms with Gasteiger partial charge in [0.25, 0.3) is 0 Å². The van der Waals surface area contributed by atoms with E-state index in [2.05, 4.69) is 39.8 Å². The molecule has 0 aromatic carbocycles. The molecule has 0 radical (unpaired) electrons. The van der Waals surface area contributed by atoms with Gasteiger partial charge in [0.15, 0.2) is 0 Å². The summed E-state index contributed by atoms with van der Waals surface area (Å²) in [5.74, 6) is 1.88. The second-order valence-corrected chi connectivity index (χ2v) is 6.10. The first-order valence-electron chi connectivity index (χ1n) is 6.19. The van der Waals surface area contributed by atoms with Crippen LogP contribution in [-0.2, 0) is 0 Å². The molecule has 0 N–H and O–H groups in total. The summed E-state index contributed by atoms with van der Waals surface area (Å²) in [6, 6.07) is 0. The molecule has 0 heteroatoms. The lowest BCUT2D eigenvalue weighted by Crippen LogP contribution is -2.26. The van der Waals surface area contributed by atoms with Gasteiger partial charge in [-0.3, -0.25) is 0 Å². The standard InChI is InChI=1S/C14H24/c1-5-6-7-8-11-9-12-10-14(12,4)13(11,2)3/h7-8,11-12H,5-6,9-10H2,1-4H3. The molecule has 2 aliphatic carbocycles. The monoisotopic (exact) mass is 192 g/mol. The smallest absolute Gasteiger partial charge is 0.0174 e. The maximum Gasteiger partial charge on any atom is -0.0174 e. The molecule has 80 valence electrons.